The van der Waals surface area contributed by atoms with Gasteiger partial charge in [-0.25, -0.2) is 0 Å². The van der Waals surface area contributed by atoms with Gasteiger partial charge in [-0.05, 0) is 54.8 Å². The fourth-order valence-electron chi connectivity index (χ4n) is 3.37. The van der Waals surface area contributed by atoms with E-state index in [1.165, 1.54) is 0 Å². The number of fused-ring (bicyclic) bond motifs is 3. The van der Waals surface area contributed by atoms with Crippen LogP contribution in [0.1, 0.15) is 45.7 Å². The SMILES string of the molecule is CC(C)OCc1cccc(NC(=O)c2ccc3c(c2)C(=O)c2ccccc2-3)c1. The van der Waals surface area contributed by atoms with Gasteiger partial charge in [-0.1, -0.05) is 42.5 Å². The zero-order chi connectivity index (χ0) is 19.7. The average molecular weight is 371 g/mol. The topological polar surface area (TPSA) is 55.4 Å². The molecule has 0 heterocycles. The van der Waals surface area contributed by atoms with Crippen LogP contribution in [0.3, 0.4) is 0 Å². The third-order valence-corrected chi connectivity index (χ3v) is 4.76. The number of ketones is 1. The van der Waals surface area contributed by atoms with Crippen molar-refractivity contribution in [2.75, 3.05) is 5.32 Å². The van der Waals surface area contributed by atoms with Crippen LogP contribution in [-0.4, -0.2) is 17.8 Å². The number of hydrogen-bond acceptors (Lipinski definition) is 3. The lowest BCUT2D eigenvalue weighted by Gasteiger charge is -2.10. The second-order valence-corrected chi connectivity index (χ2v) is 7.15. The summed E-state index contributed by atoms with van der Waals surface area (Å²) < 4.78 is 5.62. The summed E-state index contributed by atoms with van der Waals surface area (Å²) in [6.45, 7) is 4.46. The molecule has 0 saturated heterocycles. The lowest BCUT2D eigenvalue weighted by Crippen LogP contribution is -2.13. The molecule has 3 aromatic rings. The molecule has 1 aliphatic carbocycles. The Kier molecular flexibility index (Phi) is 4.80. The first-order valence-electron chi connectivity index (χ1n) is 9.33. The molecular formula is C24H21NO3. The Morgan fingerprint density at radius 3 is 2.43 bits per heavy atom. The van der Waals surface area contributed by atoms with Crippen molar-refractivity contribution in [2.45, 2.75) is 26.6 Å². The molecule has 0 spiro atoms. The zero-order valence-electron chi connectivity index (χ0n) is 15.9. The predicted molar refractivity (Wildman–Crippen MR) is 110 cm³/mol. The van der Waals surface area contributed by atoms with Gasteiger partial charge in [0.2, 0.25) is 0 Å². The summed E-state index contributed by atoms with van der Waals surface area (Å²) in [4.78, 5) is 25.4. The standard InChI is InChI=1S/C24H21NO3/c1-15(2)28-14-16-6-5-7-18(12-16)25-24(27)17-10-11-20-19-8-3-4-9-21(19)23(26)22(20)13-17/h3-13,15H,14H2,1-2H3,(H,25,27). The van der Waals surface area contributed by atoms with E-state index in [0.717, 1.165) is 16.7 Å². The van der Waals surface area contributed by atoms with Gasteiger partial charge in [-0.2, -0.15) is 0 Å². The number of anilines is 1. The minimum absolute atomic E-state index is 0.0342. The van der Waals surface area contributed by atoms with Crippen LogP contribution in [-0.2, 0) is 11.3 Å². The maximum Gasteiger partial charge on any atom is 0.255 e. The van der Waals surface area contributed by atoms with Crippen molar-refractivity contribution in [1.82, 2.24) is 0 Å². The number of carbonyl (C=O) groups excluding carboxylic acids is 2. The number of ether oxygens (including phenoxy) is 1. The smallest absolute Gasteiger partial charge is 0.255 e. The lowest BCUT2D eigenvalue weighted by atomic mass is 10.0. The van der Waals surface area contributed by atoms with Gasteiger partial charge in [0.15, 0.2) is 5.78 Å². The first kappa shape index (κ1) is 18.1. The van der Waals surface area contributed by atoms with E-state index in [2.05, 4.69) is 5.32 Å². The second kappa shape index (κ2) is 7.41. The number of nitrogens with one attached hydrogen (secondary N) is 1. The second-order valence-electron chi connectivity index (χ2n) is 7.15. The molecule has 4 rings (SSSR count). The van der Waals surface area contributed by atoms with Crippen molar-refractivity contribution in [3.05, 3.63) is 89.0 Å². The Morgan fingerprint density at radius 1 is 0.893 bits per heavy atom. The van der Waals surface area contributed by atoms with Gasteiger partial charge >= 0.3 is 0 Å². The lowest BCUT2D eigenvalue weighted by molar-refractivity contribution is 0.0657. The Balaban J connectivity index is 1.54. The van der Waals surface area contributed by atoms with Crippen LogP contribution >= 0.6 is 0 Å². The summed E-state index contributed by atoms with van der Waals surface area (Å²) in [7, 11) is 0. The van der Waals surface area contributed by atoms with Crippen molar-refractivity contribution >= 4 is 17.4 Å². The third kappa shape index (κ3) is 3.47. The van der Waals surface area contributed by atoms with Crippen LogP contribution in [0.5, 0.6) is 0 Å². The summed E-state index contributed by atoms with van der Waals surface area (Å²) >= 11 is 0. The van der Waals surface area contributed by atoms with Gasteiger partial charge in [0.1, 0.15) is 0 Å². The van der Waals surface area contributed by atoms with Gasteiger partial charge in [-0.15, -0.1) is 0 Å². The zero-order valence-corrected chi connectivity index (χ0v) is 15.9. The highest BCUT2D eigenvalue weighted by Gasteiger charge is 2.27. The van der Waals surface area contributed by atoms with Crippen molar-refractivity contribution in [1.29, 1.82) is 0 Å². The van der Waals surface area contributed by atoms with E-state index in [-0.39, 0.29) is 17.8 Å². The molecule has 0 bridgehead atoms. The molecule has 0 atom stereocenters. The molecule has 1 amide bonds. The largest absolute Gasteiger partial charge is 0.374 e. The summed E-state index contributed by atoms with van der Waals surface area (Å²) in [6, 6.07) is 20.4. The van der Waals surface area contributed by atoms with E-state index < -0.39 is 0 Å². The first-order valence-corrected chi connectivity index (χ1v) is 9.33. The maximum absolute atomic E-state index is 12.7. The molecule has 0 aromatic heterocycles. The van der Waals surface area contributed by atoms with E-state index in [0.29, 0.717) is 29.0 Å². The van der Waals surface area contributed by atoms with E-state index in [9.17, 15) is 9.59 Å². The Labute approximate surface area is 164 Å². The normalized spacial score (nSPS) is 12.0. The first-order chi connectivity index (χ1) is 13.5. The molecule has 0 saturated carbocycles. The highest BCUT2D eigenvalue weighted by molar-refractivity contribution is 6.22. The molecule has 4 heteroatoms. The highest BCUT2D eigenvalue weighted by Crippen LogP contribution is 2.36. The quantitative estimate of drug-likeness (QED) is 0.532. The van der Waals surface area contributed by atoms with Gasteiger partial charge in [0.05, 0.1) is 12.7 Å². The van der Waals surface area contributed by atoms with Gasteiger partial charge in [-0.3, -0.25) is 9.59 Å². The van der Waals surface area contributed by atoms with E-state index in [1.807, 2.05) is 68.4 Å². The van der Waals surface area contributed by atoms with E-state index >= 15 is 0 Å². The monoisotopic (exact) mass is 371 g/mol. The molecule has 0 aliphatic heterocycles. The summed E-state index contributed by atoms with van der Waals surface area (Å²) in [5.41, 5.74) is 5.22. The fourth-order valence-corrected chi connectivity index (χ4v) is 3.37. The maximum atomic E-state index is 12.7. The van der Waals surface area contributed by atoms with Crippen LogP contribution in [0.15, 0.2) is 66.7 Å². The van der Waals surface area contributed by atoms with E-state index in [1.54, 1.807) is 12.1 Å². The third-order valence-electron chi connectivity index (χ3n) is 4.76. The van der Waals surface area contributed by atoms with E-state index in [4.69, 9.17) is 4.74 Å². The number of amides is 1. The Morgan fingerprint density at radius 2 is 1.64 bits per heavy atom. The number of benzene rings is 3. The fraction of sp³-hybridized carbons (Fsp3) is 0.167. The molecule has 3 aromatic carbocycles. The van der Waals surface area contributed by atoms with Crippen LogP contribution in [0, 0.1) is 0 Å². The Hall–Kier alpha value is -3.24. The van der Waals surface area contributed by atoms with Gasteiger partial charge < -0.3 is 10.1 Å². The predicted octanol–water partition coefficient (Wildman–Crippen LogP) is 5.08. The summed E-state index contributed by atoms with van der Waals surface area (Å²) in [5, 5.41) is 2.91. The molecule has 0 unspecified atom stereocenters. The molecule has 4 nitrogen and oxygen atoms in total. The minimum atomic E-state index is -0.242. The Bertz CT molecular complexity index is 1070. The van der Waals surface area contributed by atoms with Crippen LogP contribution in [0.4, 0.5) is 5.69 Å². The van der Waals surface area contributed by atoms with Crippen molar-refractivity contribution < 1.29 is 14.3 Å². The molecule has 1 aliphatic rings. The molecule has 0 radical (unpaired) electrons. The molecule has 1 N–H and O–H groups in total. The van der Waals surface area contributed by atoms with Crippen molar-refractivity contribution in [3.63, 3.8) is 0 Å². The number of carbonyl (C=O) groups is 2. The van der Waals surface area contributed by atoms with Gasteiger partial charge in [0.25, 0.3) is 5.91 Å². The van der Waals surface area contributed by atoms with Crippen molar-refractivity contribution in [3.8, 4) is 11.1 Å². The van der Waals surface area contributed by atoms with Crippen LogP contribution in [0.2, 0.25) is 0 Å². The summed E-state index contributed by atoms with van der Waals surface area (Å²) in [5.74, 6) is -0.276. The molecule has 140 valence electrons. The number of hydrogen-bond donors (Lipinski definition) is 1. The highest BCUT2D eigenvalue weighted by atomic mass is 16.5. The van der Waals surface area contributed by atoms with Crippen LogP contribution < -0.4 is 5.32 Å². The number of rotatable bonds is 5. The average Bonchev–Trinajstić information content (AvgIpc) is 2.99. The minimum Gasteiger partial charge on any atom is -0.374 e. The van der Waals surface area contributed by atoms with Gasteiger partial charge in [0, 0.05) is 22.4 Å². The van der Waals surface area contributed by atoms with Crippen molar-refractivity contribution in [2.24, 2.45) is 0 Å². The molecule has 0 fully saturated rings. The van der Waals surface area contributed by atoms with Crippen LogP contribution in [0.25, 0.3) is 11.1 Å². The summed E-state index contributed by atoms with van der Waals surface area (Å²) in [6.07, 6.45) is 0.145. The molecular weight excluding hydrogens is 350 g/mol. The molecule has 28 heavy (non-hydrogen) atoms.